The number of rotatable bonds is 1. The average Bonchev–Trinajstić information content (AvgIpc) is 2.96. The largest absolute Gasteiger partial charge is 0.0620 e. The fourth-order valence-electron chi connectivity index (χ4n) is 5.42. The molecule has 0 fully saturated rings. The number of hydrogen-bond donors (Lipinski definition) is 0. The Labute approximate surface area is 183 Å². The van der Waals surface area contributed by atoms with E-state index in [9.17, 15) is 0 Å². The van der Waals surface area contributed by atoms with Gasteiger partial charge in [-0.1, -0.05) is 84.0 Å². The smallest absolute Gasteiger partial charge is 0.000708 e. The molecule has 0 heteroatoms. The second kappa shape index (κ2) is 6.84. The average molecular weight is 397 g/mol. The molecule has 0 atom stereocenters. The molecule has 0 radical (unpaired) electrons. The van der Waals surface area contributed by atoms with E-state index in [0.717, 1.165) is 6.42 Å². The Hall–Kier alpha value is -2.34. The number of benzene rings is 3. The first-order valence-corrected chi connectivity index (χ1v) is 11.3. The molecule has 156 valence electrons. The fourth-order valence-corrected chi connectivity index (χ4v) is 5.42. The molecule has 0 saturated carbocycles. The van der Waals surface area contributed by atoms with Crippen LogP contribution < -0.4 is 0 Å². The van der Waals surface area contributed by atoms with Crippen LogP contribution in [0.2, 0.25) is 0 Å². The molecule has 0 amide bonds. The van der Waals surface area contributed by atoms with Crippen molar-refractivity contribution in [2.75, 3.05) is 0 Å². The third kappa shape index (κ3) is 3.31. The minimum absolute atomic E-state index is 0.108. The van der Waals surface area contributed by atoms with Crippen molar-refractivity contribution >= 4 is 0 Å². The molecule has 1 aliphatic rings. The van der Waals surface area contributed by atoms with Gasteiger partial charge in [0.15, 0.2) is 0 Å². The first-order chi connectivity index (χ1) is 13.9. The van der Waals surface area contributed by atoms with E-state index in [4.69, 9.17) is 0 Å². The first kappa shape index (κ1) is 20.9. The summed E-state index contributed by atoms with van der Waals surface area (Å²) in [7, 11) is 0. The zero-order chi connectivity index (χ0) is 22.0. The third-order valence-corrected chi connectivity index (χ3v) is 6.83. The van der Waals surface area contributed by atoms with Crippen LogP contribution >= 0.6 is 0 Å². The predicted octanol–water partition coefficient (Wildman–Crippen LogP) is 8.45. The van der Waals surface area contributed by atoms with E-state index in [1.54, 1.807) is 0 Å². The Balaban J connectivity index is 2.08. The maximum atomic E-state index is 2.50. The number of hydrogen-bond acceptors (Lipinski definition) is 0. The lowest BCUT2D eigenvalue weighted by atomic mass is 9.77. The Bertz CT molecular complexity index is 1140. The highest BCUT2D eigenvalue weighted by atomic mass is 14.3. The van der Waals surface area contributed by atoms with E-state index in [2.05, 4.69) is 105 Å². The molecule has 0 unspecified atom stereocenters. The van der Waals surface area contributed by atoms with Gasteiger partial charge in [-0.2, -0.15) is 0 Å². The van der Waals surface area contributed by atoms with Crippen molar-refractivity contribution in [2.45, 2.75) is 79.6 Å². The molecule has 3 aromatic carbocycles. The Morgan fingerprint density at radius 1 is 0.633 bits per heavy atom. The van der Waals surface area contributed by atoms with Crippen LogP contribution in [0.25, 0.3) is 22.3 Å². The molecular formula is C30H36. The molecule has 0 N–H and O–H groups in total. The van der Waals surface area contributed by atoms with E-state index in [1.165, 1.54) is 61.2 Å². The second-order valence-electron chi connectivity index (χ2n) is 11.3. The van der Waals surface area contributed by atoms with Gasteiger partial charge in [0.25, 0.3) is 0 Å². The van der Waals surface area contributed by atoms with Gasteiger partial charge in [0.1, 0.15) is 0 Å². The minimum Gasteiger partial charge on any atom is -0.0620 e. The SMILES string of the molecule is Cc1ccccc1-c1c(C)c(C(C)(C)C)cc2c1Cc1cc(C)c(C(C)(C)C)cc1-2. The van der Waals surface area contributed by atoms with E-state index < -0.39 is 0 Å². The Kier molecular flexibility index (Phi) is 4.77. The summed E-state index contributed by atoms with van der Waals surface area (Å²) >= 11 is 0. The summed E-state index contributed by atoms with van der Waals surface area (Å²) in [5.41, 5.74) is 16.1. The molecule has 0 heterocycles. The zero-order valence-corrected chi connectivity index (χ0v) is 20.2. The lowest BCUT2D eigenvalue weighted by Crippen LogP contribution is -2.15. The van der Waals surface area contributed by atoms with E-state index in [0.29, 0.717) is 0 Å². The molecule has 0 aliphatic heterocycles. The second-order valence-corrected chi connectivity index (χ2v) is 11.3. The molecular weight excluding hydrogens is 360 g/mol. The van der Waals surface area contributed by atoms with Crippen LogP contribution in [0.15, 0.2) is 42.5 Å². The topological polar surface area (TPSA) is 0 Å². The molecule has 0 aromatic heterocycles. The quantitative estimate of drug-likeness (QED) is 0.303. The maximum Gasteiger partial charge on any atom is -0.000708 e. The van der Waals surface area contributed by atoms with Crippen LogP contribution in [0.3, 0.4) is 0 Å². The van der Waals surface area contributed by atoms with Gasteiger partial charge < -0.3 is 0 Å². The van der Waals surface area contributed by atoms with Gasteiger partial charge in [0.05, 0.1) is 0 Å². The van der Waals surface area contributed by atoms with Crippen LogP contribution in [0.1, 0.15) is 80.5 Å². The van der Waals surface area contributed by atoms with Crippen molar-refractivity contribution in [3.8, 4) is 22.3 Å². The molecule has 4 rings (SSSR count). The van der Waals surface area contributed by atoms with Gasteiger partial charge in [-0.05, 0) is 99.2 Å². The molecule has 0 spiro atoms. The Morgan fingerprint density at radius 2 is 1.23 bits per heavy atom. The van der Waals surface area contributed by atoms with Gasteiger partial charge in [-0.3, -0.25) is 0 Å². The van der Waals surface area contributed by atoms with Gasteiger partial charge in [-0.25, -0.2) is 0 Å². The molecule has 30 heavy (non-hydrogen) atoms. The van der Waals surface area contributed by atoms with Crippen molar-refractivity contribution in [3.05, 3.63) is 81.4 Å². The zero-order valence-electron chi connectivity index (χ0n) is 20.2. The van der Waals surface area contributed by atoms with Crippen LogP contribution in [-0.4, -0.2) is 0 Å². The van der Waals surface area contributed by atoms with Crippen molar-refractivity contribution in [1.82, 2.24) is 0 Å². The van der Waals surface area contributed by atoms with Crippen LogP contribution in [0.4, 0.5) is 0 Å². The minimum atomic E-state index is 0.108. The lowest BCUT2D eigenvalue weighted by molar-refractivity contribution is 0.585. The van der Waals surface area contributed by atoms with Crippen LogP contribution in [0.5, 0.6) is 0 Å². The molecule has 0 bridgehead atoms. The lowest BCUT2D eigenvalue weighted by Gasteiger charge is -2.27. The molecule has 0 nitrogen and oxygen atoms in total. The summed E-state index contributed by atoms with van der Waals surface area (Å²) < 4.78 is 0. The molecule has 0 saturated heterocycles. The summed E-state index contributed by atoms with van der Waals surface area (Å²) in [6.45, 7) is 20.9. The van der Waals surface area contributed by atoms with Crippen LogP contribution in [-0.2, 0) is 17.3 Å². The normalized spacial score (nSPS) is 13.4. The van der Waals surface area contributed by atoms with Crippen molar-refractivity contribution in [2.24, 2.45) is 0 Å². The van der Waals surface area contributed by atoms with Gasteiger partial charge in [0, 0.05) is 0 Å². The highest BCUT2D eigenvalue weighted by Gasteiger charge is 2.30. The van der Waals surface area contributed by atoms with Gasteiger partial charge in [-0.15, -0.1) is 0 Å². The van der Waals surface area contributed by atoms with E-state index in [-0.39, 0.29) is 10.8 Å². The standard InChI is InChI=1S/C30H36/c1-18-12-10-11-13-22(18)28-20(3)27(30(7,8)9)17-24-23-16-26(29(4,5)6)19(2)14-21(23)15-25(24)28/h10-14,16-17H,15H2,1-9H3. The van der Waals surface area contributed by atoms with Gasteiger partial charge >= 0.3 is 0 Å². The number of fused-ring (bicyclic) bond motifs is 3. The third-order valence-electron chi connectivity index (χ3n) is 6.83. The van der Waals surface area contributed by atoms with Crippen molar-refractivity contribution in [1.29, 1.82) is 0 Å². The summed E-state index contributed by atoms with van der Waals surface area (Å²) in [4.78, 5) is 0. The van der Waals surface area contributed by atoms with E-state index in [1.807, 2.05) is 0 Å². The highest BCUT2D eigenvalue weighted by Crippen LogP contribution is 2.48. The summed E-state index contributed by atoms with van der Waals surface area (Å²) in [6, 6.07) is 16.3. The summed E-state index contributed by atoms with van der Waals surface area (Å²) in [5.74, 6) is 0. The maximum absolute atomic E-state index is 2.50. The van der Waals surface area contributed by atoms with Crippen molar-refractivity contribution in [3.63, 3.8) is 0 Å². The molecule has 1 aliphatic carbocycles. The predicted molar refractivity (Wildman–Crippen MR) is 132 cm³/mol. The number of aryl methyl sites for hydroxylation is 2. The summed E-state index contributed by atoms with van der Waals surface area (Å²) in [5, 5.41) is 0. The monoisotopic (exact) mass is 396 g/mol. The summed E-state index contributed by atoms with van der Waals surface area (Å²) in [6.07, 6.45) is 1.03. The fraction of sp³-hybridized carbons (Fsp3) is 0.400. The van der Waals surface area contributed by atoms with Crippen molar-refractivity contribution < 1.29 is 0 Å². The Morgan fingerprint density at radius 3 is 1.83 bits per heavy atom. The molecule has 3 aromatic rings. The van der Waals surface area contributed by atoms with Gasteiger partial charge in [0.2, 0.25) is 0 Å². The highest BCUT2D eigenvalue weighted by molar-refractivity contribution is 5.89. The van der Waals surface area contributed by atoms with Crippen LogP contribution in [0, 0.1) is 20.8 Å². The first-order valence-electron chi connectivity index (χ1n) is 11.3. The van der Waals surface area contributed by atoms with E-state index >= 15 is 0 Å².